The van der Waals surface area contributed by atoms with Crippen LogP contribution < -0.4 is 0 Å². The summed E-state index contributed by atoms with van der Waals surface area (Å²) in [4.78, 5) is 11.2. The molecule has 1 atom stereocenters. The lowest BCUT2D eigenvalue weighted by Gasteiger charge is -2.13. The first-order valence-electron chi connectivity index (χ1n) is 5.99. The molecule has 0 bridgehead atoms. The van der Waals surface area contributed by atoms with E-state index in [0.717, 1.165) is 0 Å². The molecule has 0 radical (unpaired) electrons. The molecule has 0 spiro atoms. The van der Waals surface area contributed by atoms with Gasteiger partial charge in [-0.25, -0.2) is 0 Å². The predicted molar refractivity (Wildman–Crippen MR) is 72.1 cm³/mol. The van der Waals surface area contributed by atoms with E-state index >= 15 is 0 Å². The summed E-state index contributed by atoms with van der Waals surface area (Å²) in [6.07, 6.45) is 0.929. The monoisotopic (exact) mass is 274 g/mol. The predicted octanol–water partition coefficient (Wildman–Crippen LogP) is 2.03. The van der Waals surface area contributed by atoms with Crippen molar-refractivity contribution in [1.29, 1.82) is 0 Å². The normalized spacial score (nSPS) is 12.0. The minimum Gasteiger partial charge on any atom is -0.508 e. The number of benzene rings is 2. The van der Waals surface area contributed by atoms with Gasteiger partial charge in [0, 0.05) is 12.0 Å². The van der Waals surface area contributed by atoms with Gasteiger partial charge in [0.2, 0.25) is 0 Å². The van der Waals surface area contributed by atoms with Crippen molar-refractivity contribution in [3.8, 4) is 23.0 Å². The molecule has 0 fully saturated rings. The second-order valence-corrected chi connectivity index (χ2v) is 4.51. The quantitative estimate of drug-likeness (QED) is 0.505. The Kier molecular flexibility index (Phi) is 3.79. The smallest absolute Gasteiger partial charge is 0.157 e. The molecule has 2 rings (SSSR count). The topological polar surface area (TPSA) is 98.0 Å². The molecule has 0 aliphatic heterocycles. The van der Waals surface area contributed by atoms with Gasteiger partial charge in [0.05, 0.1) is 0 Å². The van der Waals surface area contributed by atoms with Crippen molar-refractivity contribution in [2.75, 3.05) is 0 Å². The van der Waals surface area contributed by atoms with Crippen LogP contribution in [-0.4, -0.2) is 26.7 Å². The Bertz CT molecular complexity index is 636. The summed E-state index contributed by atoms with van der Waals surface area (Å²) in [6, 6.07) is 8.30. The van der Waals surface area contributed by atoms with Gasteiger partial charge in [0.25, 0.3) is 0 Å². The van der Waals surface area contributed by atoms with Crippen LogP contribution in [0.4, 0.5) is 0 Å². The summed E-state index contributed by atoms with van der Waals surface area (Å²) in [5, 5.41) is 37.6. The van der Waals surface area contributed by atoms with Gasteiger partial charge < -0.3 is 25.2 Å². The van der Waals surface area contributed by atoms with Crippen LogP contribution in [0, 0.1) is 0 Å². The summed E-state index contributed by atoms with van der Waals surface area (Å²) in [7, 11) is 0. The van der Waals surface area contributed by atoms with Crippen LogP contribution >= 0.6 is 0 Å². The maximum absolute atomic E-state index is 11.2. The first-order valence-corrected chi connectivity index (χ1v) is 5.99. The molecule has 0 amide bonds. The van der Waals surface area contributed by atoms with Crippen LogP contribution in [0.25, 0.3) is 0 Å². The van der Waals surface area contributed by atoms with E-state index in [1.54, 1.807) is 0 Å². The Morgan fingerprint density at radius 3 is 2.25 bits per heavy atom. The molecule has 5 nitrogen and oxygen atoms in total. The lowest BCUT2D eigenvalue weighted by molar-refractivity contribution is -0.109. The van der Waals surface area contributed by atoms with E-state index in [1.165, 1.54) is 36.4 Å². The van der Waals surface area contributed by atoms with Crippen LogP contribution in [0.15, 0.2) is 36.4 Å². The number of carbonyl (C=O) groups excluding carboxylic acids is 1. The van der Waals surface area contributed by atoms with Crippen molar-refractivity contribution in [1.82, 2.24) is 0 Å². The number of carbonyl (C=O) groups is 1. The highest BCUT2D eigenvalue weighted by Gasteiger charge is 2.15. The van der Waals surface area contributed by atoms with Gasteiger partial charge in [-0.3, -0.25) is 0 Å². The number of hydrogen-bond donors (Lipinski definition) is 4. The molecule has 0 aliphatic rings. The number of phenols is 4. The second-order valence-electron chi connectivity index (χ2n) is 4.51. The molecule has 5 heteroatoms. The number of phenolic OH excluding ortho intramolecular Hbond substituents is 4. The van der Waals surface area contributed by atoms with Gasteiger partial charge in [-0.1, -0.05) is 12.1 Å². The third-order valence-corrected chi connectivity index (χ3v) is 3.10. The zero-order valence-electron chi connectivity index (χ0n) is 10.5. The Morgan fingerprint density at radius 1 is 0.900 bits per heavy atom. The van der Waals surface area contributed by atoms with Crippen LogP contribution in [0.2, 0.25) is 0 Å². The number of hydrogen-bond acceptors (Lipinski definition) is 5. The van der Waals surface area contributed by atoms with Gasteiger partial charge in [-0.05, 0) is 35.7 Å². The molecule has 0 saturated heterocycles. The fraction of sp³-hybridized carbons (Fsp3) is 0.133. The average molecular weight is 274 g/mol. The Labute approximate surface area is 115 Å². The first-order chi connectivity index (χ1) is 9.51. The van der Waals surface area contributed by atoms with E-state index in [0.29, 0.717) is 17.4 Å². The summed E-state index contributed by atoms with van der Waals surface area (Å²) >= 11 is 0. The van der Waals surface area contributed by atoms with E-state index in [2.05, 4.69) is 0 Å². The summed E-state index contributed by atoms with van der Waals surface area (Å²) < 4.78 is 0. The molecule has 104 valence electrons. The lowest BCUT2D eigenvalue weighted by Crippen LogP contribution is -2.04. The molecule has 0 aliphatic carbocycles. The highest BCUT2D eigenvalue weighted by molar-refractivity contribution is 5.64. The summed E-state index contributed by atoms with van der Waals surface area (Å²) in [5.41, 5.74) is 1.04. The minimum atomic E-state index is -0.572. The van der Waals surface area contributed by atoms with Gasteiger partial charge in [-0.2, -0.15) is 0 Å². The van der Waals surface area contributed by atoms with E-state index in [1.807, 2.05) is 0 Å². The molecule has 4 N–H and O–H groups in total. The third-order valence-electron chi connectivity index (χ3n) is 3.10. The van der Waals surface area contributed by atoms with Crippen LogP contribution in [0.5, 0.6) is 23.0 Å². The van der Waals surface area contributed by atoms with Crippen molar-refractivity contribution in [2.45, 2.75) is 12.3 Å². The van der Waals surface area contributed by atoms with Crippen molar-refractivity contribution >= 4 is 6.29 Å². The van der Waals surface area contributed by atoms with Crippen molar-refractivity contribution in [3.63, 3.8) is 0 Å². The number of aldehydes is 1. The Balaban J connectivity index is 2.28. The zero-order chi connectivity index (χ0) is 14.7. The van der Waals surface area contributed by atoms with E-state index in [-0.39, 0.29) is 29.4 Å². The first kappa shape index (κ1) is 13.7. The van der Waals surface area contributed by atoms with E-state index in [9.17, 15) is 25.2 Å². The molecule has 20 heavy (non-hydrogen) atoms. The third kappa shape index (κ3) is 2.83. The van der Waals surface area contributed by atoms with Crippen LogP contribution in [0.1, 0.15) is 17.0 Å². The van der Waals surface area contributed by atoms with Crippen molar-refractivity contribution < 1.29 is 25.2 Å². The van der Waals surface area contributed by atoms with E-state index in [4.69, 9.17) is 0 Å². The van der Waals surface area contributed by atoms with Gasteiger partial charge in [0.15, 0.2) is 11.5 Å². The molecule has 1 unspecified atom stereocenters. The van der Waals surface area contributed by atoms with Gasteiger partial charge >= 0.3 is 0 Å². The second kappa shape index (κ2) is 5.52. The SMILES string of the molecule is O=CC(Cc1ccc(O)cc1O)c1ccc(O)c(O)c1. The van der Waals surface area contributed by atoms with Crippen LogP contribution in [0.3, 0.4) is 0 Å². The highest BCUT2D eigenvalue weighted by Crippen LogP contribution is 2.31. The molecule has 2 aromatic rings. The molecule has 0 aromatic heterocycles. The highest BCUT2D eigenvalue weighted by atomic mass is 16.3. The summed E-state index contributed by atoms with van der Waals surface area (Å²) in [5.74, 6) is -1.29. The number of aromatic hydroxyl groups is 4. The van der Waals surface area contributed by atoms with Gasteiger partial charge in [0.1, 0.15) is 17.8 Å². The maximum Gasteiger partial charge on any atom is 0.157 e. The Morgan fingerprint density at radius 2 is 1.65 bits per heavy atom. The van der Waals surface area contributed by atoms with Crippen molar-refractivity contribution in [3.05, 3.63) is 47.5 Å². The molecular weight excluding hydrogens is 260 g/mol. The molecular formula is C15H14O5. The lowest BCUT2D eigenvalue weighted by atomic mass is 9.92. The summed E-state index contributed by atoms with van der Waals surface area (Å²) in [6.45, 7) is 0. The van der Waals surface area contributed by atoms with Gasteiger partial charge in [-0.15, -0.1) is 0 Å². The molecule has 0 saturated carbocycles. The van der Waals surface area contributed by atoms with Crippen molar-refractivity contribution in [2.24, 2.45) is 0 Å². The zero-order valence-corrected chi connectivity index (χ0v) is 10.5. The minimum absolute atomic E-state index is 0.0591. The number of rotatable bonds is 4. The average Bonchev–Trinajstić information content (AvgIpc) is 2.41. The maximum atomic E-state index is 11.2. The molecule has 0 heterocycles. The Hall–Kier alpha value is -2.69. The fourth-order valence-corrected chi connectivity index (χ4v) is 1.98. The van der Waals surface area contributed by atoms with Crippen LogP contribution in [-0.2, 0) is 11.2 Å². The van der Waals surface area contributed by atoms with E-state index < -0.39 is 5.92 Å². The largest absolute Gasteiger partial charge is 0.508 e. The standard InChI is InChI=1S/C15H14O5/c16-8-11(9-2-4-13(18)15(20)6-9)5-10-1-3-12(17)7-14(10)19/h1-4,6-8,11,17-20H,5H2. The molecule has 2 aromatic carbocycles. The fourth-order valence-electron chi connectivity index (χ4n) is 1.98.